The van der Waals surface area contributed by atoms with Crippen LogP contribution in [0.2, 0.25) is 0 Å². The Morgan fingerprint density at radius 2 is 2.23 bits per heavy atom. The second-order valence-corrected chi connectivity index (χ2v) is 8.47. The first-order chi connectivity index (χ1) is 10.3. The fraction of sp³-hybridized carbons (Fsp3) is 0.500. The first-order valence-corrected chi connectivity index (χ1v) is 9.13. The average molecular weight is 341 g/mol. The lowest BCUT2D eigenvalue weighted by atomic mass is 10.1. The SMILES string of the molecule is CC(C(=O)NC(C)(C)C)S(=O)Cc1nc(-c2ccsc2)no1. The first-order valence-electron chi connectivity index (χ1n) is 6.80. The highest BCUT2D eigenvalue weighted by molar-refractivity contribution is 7.85. The van der Waals surface area contributed by atoms with Crippen molar-refractivity contribution in [1.29, 1.82) is 0 Å². The fourth-order valence-electron chi connectivity index (χ4n) is 1.66. The van der Waals surface area contributed by atoms with E-state index in [4.69, 9.17) is 4.52 Å². The second-order valence-electron chi connectivity index (χ2n) is 5.93. The van der Waals surface area contributed by atoms with Gasteiger partial charge in [0.05, 0.1) is 0 Å². The Morgan fingerprint density at radius 3 is 2.82 bits per heavy atom. The number of carbonyl (C=O) groups is 1. The molecule has 6 nitrogen and oxygen atoms in total. The number of nitrogens with one attached hydrogen (secondary N) is 1. The van der Waals surface area contributed by atoms with Crippen molar-refractivity contribution in [2.75, 3.05) is 0 Å². The number of thiophene rings is 1. The molecule has 0 aromatic carbocycles. The third kappa shape index (κ3) is 4.48. The Hall–Kier alpha value is -1.54. The maximum Gasteiger partial charge on any atom is 0.239 e. The molecule has 0 aliphatic rings. The maximum absolute atomic E-state index is 12.3. The van der Waals surface area contributed by atoms with Gasteiger partial charge in [0.25, 0.3) is 0 Å². The molecule has 2 atom stereocenters. The lowest BCUT2D eigenvalue weighted by Gasteiger charge is -2.22. The molecule has 0 saturated heterocycles. The molecule has 22 heavy (non-hydrogen) atoms. The van der Waals surface area contributed by atoms with Gasteiger partial charge in [-0.15, -0.1) is 0 Å². The third-order valence-corrected chi connectivity index (χ3v) is 4.99. The van der Waals surface area contributed by atoms with Crippen LogP contribution in [0.25, 0.3) is 11.4 Å². The molecule has 2 heterocycles. The van der Waals surface area contributed by atoms with Gasteiger partial charge in [0.2, 0.25) is 17.6 Å². The smallest absolute Gasteiger partial charge is 0.239 e. The van der Waals surface area contributed by atoms with Gasteiger partial charge in [-0.2, -0.15) is 16.3 Å². The average Bonchev–Trinajstić information content (AvgIpc) is 3.05. The van der Waals surface area contributed by atoms with Crippen LogP contribution in [0.3, 0.4) is 0 Å². The minimum atomic E-state index is -1.42. The van der Waals surface area contributed by atoms with Crippen molar-refractivity contribution in [2.45, 2.75) is 44.2 Å². The Labute approximate surface area is 135 Å². The lowest BCUT2D eigenvalue weighted by Crippen LogP contribution is -2.46. The predicted octanol–water partition coefficient (Wildman–Crippen LogP) is 2.35. The van der Waals surface area contributed by atoms with Crippen LogP contribution in [-0.2, 0) is 21.3 Å². The topological polar surface area (TPSA) is 85.1 Å². The van der Waals surface area contributed by atoms with Crippen LogP contribution >= 0.6 is 11.3 Å². The van der Waals surface area contributed by atoms with E-state index in [0.717, 1.165) is 5.56 Å². The molecule has 0 bridgehead atoms. The molecule has 2 rings (SSSR count). The highest BCUT2D eigenvalue weighted by Gasteiger charge is 2.25. The molecular formula is C14H19N3O3S2. The molecule has 2 aromatic heterocycles. The van der Waals surface area contributed by atoms with Crippen LogP contribution in [-0.4, -0.2) is 31.0 Å². The minimum Gasteiger partial charge on any atom is -0.350 e. The molecule has 2 unspecified atom stereocenters. The van der Waals surface area contributed by atoms with Gasteiger partial charge in [-0.3, -0.25) is 9.00 Å². The molecular weight excluding hydrogens is 322 g/mol. The molecule has 0 fully saturated rings. The summed E-state index contributed by atoms with van der Waals surface area (Å²) in [6.07, 6.45) is 0. The maximum atomic E-state index is 12.3. The molecule has 0 spiro atoms. The summed E-state index contributed by atoms with van der Waals surface area (Å²) in [5.41, 5.74) is 0.510. The molecule has 0 radical (unpaired) electrons. The van der Waals surface area contributed by atoms with E-state index in [1.54, 1.807) is 6.92 Å². The molecule has 8 heteroatoms. The van der Waals surface area contributed by atoms with Gasteiger partial charge in [0.1, 0.15) is 11.0 Å². The molecule has 120 valence electrons. The standard InChI is InChI=1S/C14H19N3O3S2/c1-9(13(18)16-14(2,3)4)22(19)8-11-15-12(17-20-11)10-5-6-21-7-10/h5-7,9H,8H2,1-4H3,(H,16,18). The lowest BCUT2D eigenvalue weighted by molar-refractivity contribution is -0.121. The van der Waals surface area contributed by atoms with Crippen LogP contribution in [0.1, 0.15) is 33.6 Å². The number of hydrogen-bond acceptors (Lipinski definition) is 6. The second kappa shape index (κ2) is 6.70. The van der Waals surface area contributed by atoms with E-state index in [0.29, 0.717) is 5.82 Å². The number of hydrogen-bond donors (Lipinski definition) is 1. The Kier molecular flexibility index (Phi) is 5.12. The summed E-state index contributed by atoms with van der Waals surface area (Å²) in [6.45, 7) is 7.27. The molecule has 1 amide bonds. The molecule has 0 aliphatic heterocycles. The number of carbonyl (C=O) groups excluding carboxylic acids is 1. The van der Waals surface area contributed by atoms with Crippen molar-refractivity contribution in [3.05, 3.63) is 22.7 Å². The number of aromatic nitrogens is 2. The summed E-state index contributed by atoms with van der Waals surface area (Å²) in [5, 5.41) is 9.86. The minimum absolute atomic E-state index is 0.0653. The highest BCUT2D eigenvalue weighted by atomic mass is 32.2. The van der Waals surface area contributed by atoms with E-state index in [-0.39, 0.29) is 23.1 Å². The zero-order valence-corrected chi connectivity index (χ0v) is 14.6. The van der Waals surface area contributed by atoms with Crippen LogP contribution in [0.5, 0.6) is 0 Å². The zero-order valence-electron chi connectivity index (χ0n) is 13.0. The van der Waals surface area contributed by atoms with Crippen molar-refractivity contribution in [2.24, 2.45) is 0 Å². The van der Waals surface area contributed by atoms with Crippen molar-refractivity contribution in [1.82, 2.24) is 15.5 Å². The molecule has 2 aromatic rings. The number of nitrogens with zero attached hydrogens (tertiary/aromatic N) is 2. The van der Waals surface area contributed by atoms with Crippen molar-refractivity contribution < 1.29 is 13.5 Å². The normalized spacial score (nSPS) is 14.5. The van der Waals surface area contributed by atoms with E-state index < -0.39 is 16.0 Å². The summed E-state index contributed by atoms with van der Waals surface area (Å²) in [6, 6.07) is 1.88. The monoisotopic (exact) mass is 341 g/mol. The molecule has 0 saturated carbocycles. The summed E-state index contributed by atoms with van der Waals surface area (Å²) in [5.74, 6) is 0.564. The quantitative estimate of drug-likeness (QED) is 0.902. The Balaban J connectivity index is 1.98. The fourth-order valence-corrected chi connectivity index (χ4v) is 3.20. The number of rotatable bonds is 5. The van der Waals surface area contributed by atoms with Gasteiger partial charge in [-0.1, -0.05) is 5.16 Å². The summed E-state index contributed by atoms with van der Waals surface area (Å²) < 4.78 is 17.4. The predicted molar refractivity (Wildman–Crippen MR) is 86.8 cm³/mol. The van der Waals surface area contributed by atoms with Gasteiger partial charge in [0, 0.05) is 27.3 Å². The largest absolute Gasteiger partial charge is 0.350 e. The van der Waals surface area contributed by atoms with E-state index >= 15 is 0 Å². The summed E-state index contributed by atoms with van der Waals surface area (Å²) in [7, 11) is -1.42. The van der Waals surface area contributed by atoms with E-state index in [9.17, 15) is 9.00 Å². The van der Waals surface area contributed by atoms with Gasteiger partial charge < -0.3 is 9.84 Å². The van der Waals surface area contributed by atoms with Gasteiger partial charge in [0.15, 0.2) is 0 Å². The molecule has 0 aliphatic carbocycles. The summed E-state index contributed by atoms with van der Waals surface area (Å²) >= 11 is 1.54. The van der Waals surface area contributed by atoms with Crippen LogP contribution in [0.4, 0.5) is 0 Å². The van der Waals surface area contributed by atoms with E-state index in [1.807, 2.05) is 37.6 Å². The van der Waals surface area contributed by atoms with Crippen LogP contribution in [0.15, 0.2) is 21.3 Å². The Bertz CT molecular complexity index is 659. The Morgan fingerprint density at radius 1 is 1.50 bits per heavy atom. The molecule has 1 N–H and O–H groups in total. The highest BCUT2D eigenvalue weighted by Crippen LogP contribution is 2.19. The van der Waals surface area contributed by atoms with Gasteiger partial charge in [-0.05, 0) is 39.1 Å². The van der Waals surface area contributed by atoms with Gasteiger partial charge in [-0.25, -0.2) is 0 Å². The van der Waals surface area contributed by atoms with E-state index in [1.165, 1.54) is 11.3 Å². The van der Waals surface area contributed by atoms with Crippen molar-refractivity contribution in [3.63, 3.8) is 0 Å². The van der Waals surface area contributed by atoms with E-state index in [2.05, 4.69) is 15.5 Å². The van der Waals surface area contributed by atoms with Gasteiger partial charge >= 0.3 is 0 Å². The third-order valence-electron chi connectivity index (χ3n) is 2.77. The summed E-state index contributed by atoms with van der Waals surface area (Å²) in [4.78, 5) is 16.2. The first kappa shape index (κ1) is 16.8. The number of amides is 1. The van der Waals surface area contributed by atoms with Crippen LogP contribution < -0.4 is 5.32 Å². The zero-order chi connectivity index (χ0) is 16.3. The van der Waals surface area contributed by atoms with Crippen LogP contribution in [0, 0.1) is 0 Å². The van der Waals surface area contributed by atoms with Crippen molar-refractivity contribution in [3.8, 4) is 11.4 Å². The van der Waals surface area contributed by atoms with Crippen molar-refractivity contribution >= 4 is 28.0 Å².